The smallest absolute Gasteiger partial charge is 0.273 e. The van der Waals surface area contributed by atoms with Crippen LogP contribution in [0.25, 0.3) is 11.4 Å². The van der Waals surface area contributed by atoms with Crippen LogP contribution in [0.2, 0.25) is 0 Å². The second-order valence-corrected chi connectivity index (χ2v) is 7.34. The van der Waals surface area contributed by atoms with E-state index in [4.69, 9.17) is 4.74 Å². The van der Waals surface area contributed by atoms with Crippen molar-refractivity contribution in [3.05, 3.63) is 58.1 Å². The molecular formula is C20H21N5O4S. The molecule has 0 unspecified atom stereocenters. The summed E-state index contributed by atoms with van der Waals surface area (Å²) in [6, 6.07) is 12.0. The molecule has 2 aromatic carbocycles. The van der Waals surface area contributed by atoms with E-state index in [1.165, 1.54) is 37.1 Å². The van der Waals surface area contributed by atoms with Gasteiger partial charge in [-0.3, -0.25) is 14.9 Å². The Morgan fingerprint density at radius 1 is 1.27 bits per heavy atom. The zero-order valence-corrected chi connectivity index (χ0v) is 17.6. The number of benzene rings is 2. The molecule has 0 spiro atoms. The average molecular weight is 427 g/mol. The van der Waals surface area contributed by atoms with Crippen molar-refractivity contribution in [2.45, 2.75) is 25.5 Å². The SMILES string of the molecule is CCn1c(SCC(=O)Nc2ccc([N+](=O)[O-])cc2OC)nnc1-c1cccc(C)c1. The average Bonchev–Trinajstić information content (AvgIpc) is 3.15. The summed E-state index contributed by atoms with van der Waals surface area (Å²) in [6.07, 6.45) is 0. The molecule has 156 valence electrons. The lowest BCUT2D eigenvalue weighted by molar-refractivity contribution is -0.384. The van der Waals surface area contributed by atoms with Crippen molar-refractivity contribution in [3.63, 3.8) is 0 Å². The van der Waals surface area contributed by atoms with Crippen LogP contribution >= 0.6 is 11.8 Å². The van der Waals surface area contributed by atoms with Gasteiger partial charge in [-0.15, -0.1) is 10.2 Å². The molecule has 0 radical (unpaired) electrons. The number of thioether (sulfide) groups is 1. The summed E-state index contributed by atoms with van der Waals surface area (Å²) >= 11 is 1.27. The molecule has 0 aliphatic rings. The number of nitrogens with one attached hydrogen (secondary N) is 1. The van der Waals surface area contributed by atoms with E-state index in [-0.39, 0.29) is 23.1 Å². The van der Waals surface area contributed by atoms with Crippen LogP contribution < -0.4 is 10.1 Å². The largest absolute Gasteiger partial charge is 0.494 e. The van der Waals surface area contributed by atoms with Gasteiger partial charge in [-0.25, -0.2) is 0 Å². The lowest BCUT2D eigenvalue weighted by Crippen LogP contribution is -2.15. The molecule has 30 heavy (non-hydrogen) atoms. The highest BCUT2D eigenvalue weighted by Crippen LogP contribution is 2.30. The van der Waals surface area contributed by atoms with Gasteiger partial charge in [0.2, 0.25) is 5.91 Å². The Balaban J connectivity index is 1.70. The molecule has 0 bridgehead atoms. The van der Waals surface area contributed by atoms with Gasteiger partial charge in [0, 0.05) is 18.2 Å². The fourth-order valence-corrected chi connectivity index (χ4v) is 3.69. The van der Waals surface area contributed by atoms with E-state index in [9.17, 15) is 14.9 Å². The van der Waals surface area contributed by atoms with Crippen LogP contribution in [0.5, 0.6) is 5.75 Å². The molecule has 0 aliphatic carbocycles. The minimum absolute atomic E-state index is 0.103. The number of nitro groups is 1. The number of anilines is 1. The third kappa shape index (κ3) is 4.77. The summed E-state index contributed by atoms with van der Waals surface area (Å²) in [5.41, 5.74) is 2.35. The number of ether oxygens (including phenoxy) is 1. The molecule has 1 amide bonds. The van der Waals surface area contributed by atoms with Crippen molar-refractivity contribution >= 4 is 29.0 Å². The highest BCUT2D eigenvalue weighted by molar-refractivity contribution is 7.99. The first-order valence-electron chi connectivity index (χ1n) is 9.18. The predicted octanol–water partition coefficient (Wildman–Crippen LogP) is 3.92. The molecule has 9 nitrogen and oxygen atoms in total. The van der Waals surface area contributed by atoms with E-state index in [2.05, 4.69) is 15.5 Å². The van der Waals surface area contributed by atoms with Crippen LogP contribution in [0.1, 0.15) is 12.5 Å². The van der Waals surface area contributed by atoms with Crippen molar-refractivity contribution in [1.82, 2.24) is 14.8 Å². The Bertz CT molecular complexity index is 1080. The van der Waals surface area contributed by atoms with Gasteiger partial charge < -0.3 is 14.6 Å². The quantitative estimate of drug-likeness (QED) is 0.329. The molecular weight excluding hydrogens is 406 g/mol. The Hall–Kier alpha value is -3.40. The van der Waals surface area contributed by atoms with E-state index in [0.717, 1.165) is 17.0 Å². The highest BCUT2D eigenvalue weighted by Gasteiger charge is 2.17. The molecule has 10 heteroatoms. The first kappa shape index (κ1) is 21.3. The molecule has 1 N–H and O–H groups in total. The van der Waals surface area contributed by atoms with Crippen molar-refractivity contribution in [3.8, 4) is 17.1 Å². The number of methoxy groups -OCH3 is 1. The number of nitro benzene ring substituents is 1. The van der Waals surface area contributed by atoms with E-state index in [1.54, 1.807) is 0 Å². The minimum atomic E-state index is -0.520. The molecule has 3 rings (SSSR count). The number of hydrogen-bond acceptors (Lipinski definition) is 7. The van der Waals surface area contributed by atoms with Gasteiger partial charge >= 0.3 is 0 Å². The summed E-state index contributed by atoms with van der Waals surface area (Å²) in [5, 5.41) is 22.8. The second-order valence-electron chi connectivity index (χ2n) is 6.40. The van der Waals surface area contributed by atoms with Crippen LogP contribution in [0.3, 0.4) is 0 Å². The van der Waals surface area contributed by atoms with Gasteiger partial charge in [-0.05, 0) is 26.0 Å². The van der Waals surface area contributed by atoms with E-state index >= 15 is 0 Å². The Morgan fingerprint density at radius 2 is 2.07 bits per heavy atom. The number of nitrogens with zero attached hydrogens (tertiary/aromatic N) is 4. The minimum Gasteiger partial charge on any atom is -0.494 e. The summed E-state index contributed by atoms with van der Waals surface area (Å²) < 4.78 is 7.10. The summed E-state index contributed by atoms with van der Waals surface area (Å²) in [7, 11) is 1.39. The maximum Gasteiger partial charge on any atom is 0.273 e. The maximum absolute atomic E-state index is 12.4. The van der Waals surface area contributed by atoms with Gasteiger partial charge in [0.1, 0.15) is 5.75 Å². The first-order valence-corrected chi connectivity index (χ1v) is 10.2. The van der Waals surface area contributed by atoms with Crippen LogP contribution in [-0.2, 0) is 11.3 Å². The molecule has 0 atom stereocenters. The van der Waals surface area contributed by atoms with E-state index < -0.39 is 4.92 Å². The van der Waals surface area contributed by atoms with Gasteiger partial charge in [0.05, 0.1) is 29.5 Å². The van der Waals surface area contributed by atoms with Crippen LogP contribution in [-0.4, -0.2) is 38.5 Å². The third-order valence-electron chi connectivity index (χ3n) is 4.31. The standard InChI is InChI=1S/C20H21N5O4S/c1-4-24-19(14-7-5-6-13(2)10-14)22-23-20(24)30-12-18(26)21-16-9-8-15(25(27)28)11-17(16)29-3/h5-11H,4,12H2,1-3H3,(H,21,26). The summed E-state index contributed by atoms with van der Waals surface area (Å²) in [5.74, 6) is 0.795. The molecule has 0 aliphatic heterocycles. The summed E-state index contributed by atoms with van der Waals surface area (Å²) in [6.45, 7) is 4.67. The van der Waals surface area contributed by atoms with Crippen molar-refractivity contribution in [1.29, 1.82) is 0 Å². The monoisotopic (exact) mass is 427 g/mol. The number of aromatic nitrogens is 3. The zero-order valence-electron chi connectivity index (χ0n) is 16.8. The number of amides is 1. The third-order valence-corrected chi connectivity index (χ3v) is 5.28. The number of aryl methyl sites for hydroxylation is 1. The van der Waals surface area contributed by atoms with E-state index in [0.29, 0.717) is 17.4 Å². The number of carbonyl (C=O) groups is 1. The predicted molar refractivity (Wildman–Crippen MR) is 115 cm³/mol. The second kappa shape index (κ2) is 9.40. The van der Waals surface area contributed by atoms with Gasteiger partial charge in [0.25, 0.3) is 5.69 Å². The van der Waals surface area contributed by atoms with Crippen molar-refractivity contribution < 1.29 is 14.5 Å². The van der Waals surface area contributed by atoms with Gasteiger partial charge in [-0.2, -0.15) is 0 Å². The summed E-state index contributed by atoms with van der Waals surface area (Å²) in [4.78, 5) is 22.8. The lowest BCUT2D eigenvalue weighted by atomic mass is 10.1. The molecule has 3 aromatic rings. The van der Waals surface area contributed by atoms with Crippen LogP contribution in [0.4, 0.5) is 11.4 Å². The molecule has 0 saturated heterocycles. The molecule has 1 aromatic heterocycles. The Kier molecular flexibility index (Phi) is 6.68. The van der Waals surface area contributed by atoms with Crippen LogP contribution in [0, 0.1) is 17.0 Å². The van der Waals surface area contributed by atoms with E-state index in [1.807, 2.05) is 42.7 Å². The number of rotatable bonds is 8. The normalized spacial score (nSPS) is 10.6. The van der Waals surface area contributed by atoms with Crippen LogP contribution in [0.15, 0.2) is 47.6 Å². The number of non-ortho nitro benzene ring substituents is 1. The fraction of sp³-hybridized carbons (Fsp3) is 0.250. The van der Waals surface area contributed by atoms with Crippen molar-refractivity contribution in [2.75, 3.05) is 18.2 Å². The zero-order chi connectivity index (χ0) is 21.7. The van der Waals surface area contributed by atoms with Crippen molar-refractivity contribution in [2.24, 2.45) is 0 Å². The fourth-order valence-electron chi connectivity index (χ4n) is 2.89. The first-order chi connectivity index (χ1) is 14.4. The topological polar surface area (TPSA) is 112 Å². The molecule has 0 saturated carbocycles. The highest BCUT2D eigenvalue weighted by atomic mass is 32.2. The lowest BCUT2D eigenvalue weighted by Gasteiger charge is -2.10. The maximum atomic E-state index is 12.4. The number of hydrogen-bond donors (Lipinski definition) is 1. The van der Waals surface area contributed by atoms with Gasteiger partial charge in [-0.1, -0.05) is 35.5 Å². The number of carbonyl (C=O) groups excluding carboxylic acids is 1. The van der Waals surface area contributed by atoms with Gasteiger partial charge in [0.15, 0.2) is 11.0 Å². The Morgan fingerprint density at radius 3 is 2.73 bits per heavy atom. The Labute approximate surface area is 177 Å². The molecule has 0 fully saturated rings. The molecule has 1 heterocycles.